The van der Waals surface area contributed by atoms with E-state index in [0.717, 1.165) is 22.2 Å². The van der Waals surface area contributed by atoms with Gasteiger partial charge in [0.25, 0.3) is 0 Å². The number of halogens is 1. The zero-order chi connectivity index (χ0) is 14.4. The van der Waals surface area contributed by atoms with Crippen LogP contribution in [0.4, 0.5) is 0 Å². The van der Waals surface area contributed by atoms with Gasteiger partial charge >= 0.3 is 0 Å². The number of ether oxygens (including phenoxy) is 1. The molecule has 0 radical (unpaired) electrons. The van der Waals surface area contributed by atoms with Gasteiger partial charge < -0.3 is 15.4 Å². The molecule has 2 N–H and O–H groups in total. The van der Waals surface area contributed by atoms with Crippen molar-refractivity contribution in [1.82, 2.24) is 4.90 Å². The van der Waals surface area contributed by atoms with Crippen molar-refractivity contribution >= 4 is 21.8 Å². The van der Waals surface area contributed by atoms with E-state index in [1.54, 1.807) is 19.1 Å². The highest BCUT2D eigenvalue weighted by Crippen LogP contribution is 2.23. The molecule has 19 heavy (non-hydrogen) atoms. The van der Waals surface area contributed by atoms with Crippen molar-refractivity contribution in [2.45, 2.75) is 13.3 Å². The SMILES string of the molecule is COc1ccc(Br)cc1CCN(C)C(=O)C(C)CN. The van der Waals surface area contributed by atoms with Crippen molar-refractivity contribution in [3.8, 4) is 5.75 Å². The Morgan fingerprint density at radius 1 is 1.53 bits per heavy atom. The number of nitrogens with zero attached hydrogens (tertiary/aromatic N) is 1. The molecule has 0 aromatic heterocycles. The van der Waals surface area contributed by atoms with E-state index in [9.17, 15) is 4.79 Å². The number of carbonyl (C=O) groups is 1. The first-order valence-electron chi connectivity index (χ1n) is 6.27. The summed E-state index contributed by atoms with van der Waals surface area (Å²) in [6, 6.07) is 5.88. The number of carbonyl (C=O) groups excluding carboxylic acids is 1. The number of hydrogen-bond acceptors (Lipinski definition) is 3. The molecule has 0 heterocycles. The van der Waals surface area contributed by atoms with E-state index in [2.05, 4.69) is 15.9 Å². The molecule has 4 nitrogen and oxygen atoms in total. The topological polar surface area (TPSA) is 55.6 Å². The Bertz CT molecular complexity index is 437. The summed E-state index contributed by atoms with van der Waals surface area (Å²) < 4.78 is 6.32. The average Bonchev–Trinajstić information content (AvgIpc) is 2.43. The van der Waals surface area contributed by atoms with Crippen LogP contribution < -0.4 is 10.5 Å². The number of benzene rings is 1. The maximum atomic E-state index is 11.9. The van der Waals surface area contributed by atoms with Gasteiger partial charge in [-0.25, -0.2) is 0 Å². The first-order chi connectivity index (χ1) is 8.99. The quantitative estimate of drug-likeness (QED) is 0.869. The van der Waals surface area contributed by atoms with Gasteiger partial charge in [-0.3, -0.25) is 4.79 Å². The van der Waals surface area contributed by atoms with Gasteiger partial charge in [-0.2, -0.15) is 0 Å². The molecule has 0 saturated carbocycles. The third kappa shape index (κ3) is 4.51. The van der Waals surface area contributed by atoms with E-state index >= 15 is 0 Å². The summed E-state index contributed by atoms with van der Waals surface area (Å²) >= 11 is 3.44. The number of methoxy groups -OCH3 is 1. The van der Waals surface area contributed by atoms with Crippen LogP contribution in [-0.4, -0.2) is 38.1 Å². The van der Waals surface area contributed by atoms with Crippen LogP contribution in [0.25, 0.3) is 0 Å². The summed E-state index contributed by atoms with van der Waals surface area (Å²) in [4.78, 5) is 13.6. The Morgan fingerprint density at radius 3 is 2.79 bits per heavy atom. The molecule has 1 atom stereocenters. The van der Waals surface area contributed by atoms with Crippen LogP contribution in [0.15, 0.2) is 22.7 Å². The summed E-state index contributed by atoms with van der Waals surface area (Å²) in [7, 11) is 3.46. The molecule has 0 aliphatic rings. The summed E-state index contributed by atoms with van der Waals surface area (Å²) in [5.74, 6) is 0.793. The van der Waals surface area contributed by atoms with Crippen LogP contribution in [0.1, 0.15) is 12.5 Å². The zero-order valence-electron chi connectivity index (χ0n) is 11.6. The Labute approximate surface area is 123 Å². The molecular formula is C14H21BrN2O2. The molecule has 0 saturated heterocycles. The minimum atomic E-state index is -0.130. The summed E-state index contributed by atoms with van der Waals surface area (Å²) in [5.41, 5.74) is 6.59. The third-order valence-corrected chi connectivity index (χ3v) is 3.60. The molecule has 5 heteroatoms. The second-order valence-electron chi connectivity index (χ2n) is 4.60. The molecule has 0 spiro atoms. The fourth-order valence-electron chi connectivity index (χ4n) is 1.82. The summed E-state index contributed by atoms with van der Waals surface area (Å²) in [5, 5.41) is 0. The van der Waals surface area contributed by atoms with Gasteiger partial charge in [-0.15, -0.1) is 0 Å². The van der Waals surface area contributed by atoms with Crippen molar-refractivity contribution in [2.24, 2.45) is 11.7 Å². The molecule has 106 valence electrons. The lowest BCUT2D eigenvalue weighted by molar-refractivity contribution is -0.133. The van der Waals surface area contributed by atoms with E-state index in [4.69, 9.17) is 10.5 Å². The number of hydrogen-bond donors (Lipinski definition) is 1. The van der Waals surface area contributed by atoms with Crippen molar-refractivity contribution in [3.05, 3.63) is 28.2 Å². The lowest BCUT2D eigenvalue weighted by Gasteiger charge is -2.21. The molecule has 0 aliphatic carbocycles. The standard InChI is InChI=1S/C14H21BrN2O2/c1-10(9-16)14(18)17(2)7-6-11-8-12(15)4-5-13(11)19-3/h4-5,8,10H,6-7,9,16H2,1-3H3. The van der Waals surface area contributed by atoms with E-state index in [0.29, 0.717) is 13.1 Å². The predicted molar refractivity (Wildman–Crippen MR) is 80.3 cm³/mol. The highest BCUT2D eigenvalue weighted by atomic mass is 79.9. The van der Waals surface area contributed by atoms with Gasteiger partial charge in [0.2, 0.25) is 5.91 Å². The molecule has 1 rings (SSSR count). The lowest BCUT2D eigenvalue weighted by atomic mass is 10.1. The van der Waals surface area contributed by atoms with Crippen molar-refractivity contribution in [3.63, 3.8) is 0 Å². The smallest absolute Gasteiger partial charge is 0.226 e. The molecule has 1 amide bonds. The van der Waals surface area contributed by atoms with Crippen LogP contribution in [0.2, 0.25) is 0 Å². The van der Waals surface area contributed by atoms with Gasteiger partial charge in [0.1, 0.15) is 5.75 Å². The van der Waals surface area contributed by atoms with Crippen LogP contribution in [0, 0.1) is 5.92 Å². The first kappa shape index (κ1) is 16.0. The molecule has 0 bridgehead atoms. The van der Waals surface area contributed by atoms with E-state index < -0.39 is 0 Å². The zero-order valence-corrected chi connectivity index (χ0v) is 13.2. The molecule has 1 unspecified atom stereocenters. The largest absolute Gasteiger partial charge is 0.496 e. The Morgan fingerprint density at radius 2 is 2.21 bits per heavy atom. The number of amides is 1. The Balaban J connectivity index is 2.66. The monoisotopic (exact) mass is 328 g/mol. The summed E-state index contributed by atoms with van der Waals surface area (Å²) in [6.45, 7) is 2.87. The normalized spacial score (nSPS) is 12.1. The van der Waals surface area contributed by atoms with E-state index in [-0.39, 0.29) is 11.8 Å². The van der Waals surface area contributed by atoms with Gasteiger partial charge in [-0.05, 0) is 30.2 Å². The minimum absolute atomic E-state index is 0.0801. The number of likely N-dealkylation sites (N-methyl/N-ethyl adjacent to an activating group) is 1. The predicted octanol–water partition coefficient (Wildman–Crippen LogP) is 2.05. The minimum Gasteiger partial charge on any atom is -0.496 e. The van der Waals surface area contributed by atoms with E-state index in [1.807, 2.05) is 25.1 Å². The highest BCUT2D eigenvalue weighted by molar-refractivity contribution is 9.10. The Hall–Kier alpha value is -1.07. The van der Waals surface area contributed by atoms with Crippen molar-refractivity contribution in [2.75, 3.05) is 27.2 Å². The third-order valence-electron chi connectivity index (χ3n) is 3.11. The fraction of sp³-hybridized carbons (Fsp3) is 0.500. The van der Waals surface area contributed by atoms with E-state index in [1.165, 1.54) is 0 Å². The Kier molecular flexibility index (Phi) is 6.31. The van der Waals surface area contributed by atoms with Crippen molar-refractivity contribution < 1.29 is 9.53 Å². The molecule has 0 fully saturated rings. The molecule has 1 aromatic carbocycles. The number of rotatable bonds is 6. The van der Waals surface area contributed by atoms with Crippen LogP contribution in [0.3, 0.4) is 0 Å². The fourth-order valence-corrected chi connectivity index (χ4v) is 2.23. The highest BCUT2D eigenvalue weighted by Gasteiger charge is 2.16. The average molecular weight is 329 g/mol. The molecular weight excluding hydrogens is 308 g/mol. The van der Waals surface area contributed by atoms with Gasteiger partial charge in [-0.1, -0.05) is 22.9 Å². The molecule has 1 aromatic rings. The molecule has 0 aliphatic heterocycles. The van der Waals surface area contributed by atoms with Crippen LogP contribution >= 0.6 is 15.9 Å². The first-order valence-corrected chi connectivity index (χ1v) is 7.06. The summed E-state index contributed by atoms with van der Waals surface area (Å²) in [6.07, 6.45) is 0.752. The second-order valence-corrected chi connectivity index (χ2v) is 5.52. The second kappa shape index (κ2) is 7.50. The van der Waals surface area contributed by atoms with Gasteiger partial charge in [0, 0.05) is 30.5 Å². The van der Waals surface area contributed by atoms with Crippen LogP contribution in [0.5, 0.6) is 5.75 Å². The lowest BCUT2D eigenvalue weighted by Crippen LogP contribution is -2.36. The van der Waals surface area contributed by atoms with Crippen molar-refractivity contribution in [1.29, 1.82) is 0 Å². The van der Waals surface area contributed by atoms with Gasteiger partial charge in [0.15, 0.2) is 0 Å². The maximum Gasteiger partial charge on any atom is 0.226 e. The number of nitrogens with two attached hydrogens (primary N) is 1. The van der Waals surface area contributed by atoms with Gasteiger partial charge in [0.05, 0.1) is 7.11 Å². The maximum absolute atomic E-state index is 11.9. The van der Waals surface area contributed by atoms with Crippen LogP contribution in [-0.2, 0) is 11.2 Å².